The molecule has 6 saturated heterocycles. The van der Waals surface area contributed by atoms with Crippen LogP contribution >= 0.6 is 0 Å². The summed E-state index contributed by atoms with van der Waals surface area (Å²) in [7, 11) is 6.52. The van der Waals surface area contributed by atoms with Gasteiger partial charge in [-0.2, -0.15) is 0 Å². The van der Waals surface area contributed by atoms with Crippen molar-refractivity contribution >= 4 is 5.78 Å². The molecule has 0 amide bonds. The summed E-state index contributed by atoms with van der Waals surface area (Å²) in [5.74, 6) is -0.822. The third-order valence-electron chi connectivity index (χ3n) is 18.2. The third kappa shape index (κ3) is 9.14. The van der Waals surface area contributed by atoms with Crippen molar-refractivity contribution in [1.29, 1.82) is 0 Å². The van der Waals surface area contributed by atoms with Crippen LogP contribution in [0.2, 0.25) is 0 Å². The summed E-state index contributed by atoms with van der Waals surface area (Å²) >= 11 is 0. The van der Waals surface area contributed by atoms with Gasteiger partial charge in [0.25, 0.3) is 0 Å². The number of rotatable bonds is 12. The monoisotopic (exact) mass is 957 g/mol. The molecule has 0 unspecified atom stereocenters. The van der Waals surface area contributed by atoms with Gasteiger partial charge in [-0.3, -0.25) is 4.79 Å². The van der Waals surface area contributed by atoms with Gasteiger partial charge in [-0.05, 0) is 85.0 Å². The Morgan fingerprint density at radius 1 is 0.552 bits per heavy atom. The van der Waals surface area contributed by atoms with Gasteiger partial charge in [-0.1, -0.05) is 6.92 Å². The van der Waals surface area contributed by atoms with Crippen molar-refractivity contribution in [3.05, 3.63) is 0 Å². The van der Waals surface area contributed by atoms with Crippen LogP contribution in [-0.2, 0) is 71.1 Å². The molecule has 18 heteroatoms. The van der Waals surface area contributed by atoms with Gasteiger partial charge in [0.1, 0.15) is 30.5 Å². The molecule has 0 radical (unpaired) electrons. The Balaban J connectivity index is 0.776. The highest BCUT2D eigenvalue weighted by Gasteiger charge is 2.72. The molecule has 9 rings (SSSR count). The van der Waals surface area contributed by atoms with Crippen LogP contribution in [0.15, 0.2) is 0 Å². The fraction of sp³-hybridized carbons (Fsp3) is 0.980. The Labute approximate surface area is 395 Å². The molecule has 9 fully saturated rings. The number of methoxy groups -OCH3 is 4. The van der Waals surface area contributed by atoms with E-state index in [0.29, 0.717) is 57.8 Å². The summed E-state index contributed by atoms with van der Waals surface area (Å²) in [5.41, 5.74) is -1.11. The van der Waals surface area contributed by atoms with Crippen molar-refractivity contribution < 1.29 is 86.4 Å². The van der Waals surface area contributed by atoms with Gasteiger partial charge in [0.2, 0.25) is 0 Å². The molecule has 3 saturated carbocycles. The largest absolute Gasteiger partial charge is 0.390 e. The molecule has 1 spiro atoms. The van der Waals surface area contributed by atoms with E-state index in [1.54, 1.807) is 35.4 Å². The molecule has 3 aliphatic carbocycles. The van der Waals surface area contributed by atoms with Crippen molar-refractivity contribution in [2.75, 3.05) is 28.4 Å². The minimum Gasteiger partial charge on any atom is -0.390 e. The zero-order valence-electron chi connectivity index (χ0n) is 41.4. The Bertz CT molecular complexity index is 1710. The predicted molar refractivity (Wildman–Crippen MR) is 234 cm³/mol. The number of ether oxygens (including phenoxy) is 14. The first-order chi connectivity index (χ1) is 31.9. The molecule has 0 aromatic heterocycles. The number of carbonyl (C=O) groups excluding carboxylic acids is 1. The second-order valence-electron chi connectivity index (χ2n) is 21.9. The molecule has 0 aromatic rings. The van der Waals surface area contributed by atoms with E-state index >= 15 is 0 Å². The zero-order valence-corrected chi connectivity index (χ0v) is 41.4. The van der Waals surface area contributed by atoms with E-state index in [2.05, 4.69) is 6.92 Å². The van der Waals surface area contributed by atoms with Gasteiger partial charge in [0, 0.05) is 72.4 Å². The molecule has 27 atom stereocenters. The molecule has 3 N–H and O–H groups in total. The van der Waals surface area contributed by atoms with Crippen molar-refractivity contribution in [1.82, 2.24) is 0 Å². The van der Waals surface area contributed by atoms with Gasteiger partial charge >= 0.3 is 0 Å². The van der Waals surface area contributed by atoms with Crippen LogP contribution in [0.4, 0.5) is 0 Å². The van der Waals surface area contributed by atoms with Crippen molar-refractivity contribution in [2.24, 2.45) is 28.6 Å². The van der Waals surface area contributed by atoms with Crippen molar-refractivity contribution in [3.63, 3.8) is 0 Å². The lowest BCUT2D eigenvalue weighted by molar-refractivity contribution is -0.349. The van der Waals surface area contributed by atoms with Gasteiger partial charge in [0.05, 0.1) is 78.7 Å². The average molecular weight is 957 g/mol. The maximum atomic E-state index is 13.5. The zero-order chi connectivity index (χ0) is 47.9. The van der Waals surface area contributed by atoms with E-state index < -0.39 is 110 Å². The lowest BCUT2D eigenvalue weighted by Gasteiger charge is -2.58. The maximum absolute atomic E-state index is 13.5. The van der Waals surface area contributed by atoms with Crippen LogP contribution in [0.5, 0.6) is 0 Å². The number of ketones is 1. The summed E-state index contributed by atoms with van der Waals surface area (Å²) in [6.07, 6.45) is -5.27. The quantitative estimate of drug-likeness (QED) is 0.239. The Kier molecular flexibility index (Phi) is 15.0. The van der Waals surface area contributed by atoms with Gasteiger partial charge < -0.3 is 81.6 Å². The number of Topliss-reactive ketones (excluding diaryl/α,β-unsaturated/α-hetero) is 1. The summed E-state index contributed by atoms with van der Waals surface area (Å²) in [6, 6.07) is 0. The lowest BCUT2D eigenvalue weighted by atomic mass is 9.51. The number of hydrogen-bond acceptors (Lipinski definition) is 18. The minimum absolute atomic E-state index is 0.00890. The van der Waals surface area contributed by atoms with Crippen molar-refractivity contribution in [3.8, 4) is 0 Å². The molecule has 9 aliphatic rings. The lowest BCUT2D eigenvalue weighted by Crippen LogP contribution is -2.60. The van der Waals surface area contributed by atoms with E-state index in [0.717, 1.165) is 6.42 Å². The highest BCUT2D eigenvalue weighted by Crippen LogP contribution is 2.67. The number of fused-ring (bicyclic) bond motifs is 5. The van der Waals surface area contributed by atoms with E-state index in [1.807, 2.05) is 34.6 Å². The van der Waals surface area contributed by atoms with Crippen LogP contribution in [0, 0.1) is 28.6 Å². The topological polar surface area (TPSA) is 207 Å². The van der Waals surface area contributed by atoms with E-state index in [1.165, 1.54) is 0 Å². The second-order valence-corrected chi connectivity index (χ2v) is 21.9. The summed E-state index contributed by atoms with van der Waals surface area (Å²) in [6.45, 7) is 13.8. The molecule has 18 nitrogen and oxygen atoms in total. The number of aliphatic hydroxyl groups excluding tert-OH is 3. The Morgan fingerprint density at radius 2 is 1.03 bits per heavy atom. The predicted octanol–water partition coefficient (Wildman–Crippen LogP) is 3.54. The molecule has 384 valence electrons. The molecular weight excluding hydrogens is 877 g/mol. The SMILES string of the molecule is CO[C@H]1C[C@H](O[C@@H]2[C@@H](C)O[C@@H](O[C@@H]3C[C@@H]4CC[C@@]56O[C@@H](C)[C@@H]7C[C@H](O)C(=O)[C@]7(C)[C@@H](C[C@@H]5[C@@]4(C)C[C@H]3O)O6)C[C@H]2OC)O[C@H](C)[C@H]1O[C@H]1C[C@@H](OC)[C@H](O[C@H]2C[C@@H](OC)[C@H](O)[C@@H](C)O2)[C@@H](C)O1. The van der Waals surface area contributed by atoms with Gasteiger partial charge in [-0.15, -0.1) is 0 Å². The van der Waals surface area contributed by atoms with E-state index in [-0.39, 0.29) is 59.5 Å². The van der Waals surface area contributed by atoms with Gasteiger partial charge in [0.15, 0.2) is 36.7 Å². The van der Waals surface area contributed by atoms with E-state index in [4.69, 9.17) is 66.3 Å². The molecule has 6 heterocycles. The highest BCUT2D eigenvalue weighted by atomic mass is 16.8. The Morgan fingerprint density at radius 3 is 1.54 bits per heavy atom. The maximum Gasteiger partial charge on any atom is 0.172 e. The second kappa shape index (κ2) is 19.8. The van der Waals surface area contributed by atoms with Crippen LogP contribution in [0.3, 0.4) is 0 Å². The number of carbonyl (C=O) groups is 1. The number of hydrogen-bond donors (Lipinski definition) is 3. The minimum atomic E-state index is -0.992. The van der Waals surface area contributed by atoms with Crippen LogP contribution in [0.1, 0.15) is 113 Å². The van der Waals surface area contributed by atoms with E-state index in [9.17, 15) is 20.1 Å². The summed E-state index contributed by atoms with van der Waals surface area (Å²) in [5, 5.41) is 33.0. The normalized spacial score (nSPS) is 55.6. The smallest absolute Gasteiger partial charge is 0.172 e. The van der Waals surface area contributed by atoms with Crippen LogP contribution < -0.4 is 0 Å². The first-order valence-electron chi connectivity index (χ1n) is 25.1. The third-order valence-corrected chi connectivity index (χ3v) is 18.2. The summed E-state index contributed by atoms with van der Waals surface area (Å²) in [4.78, 5) is 13.5. The fourth-order valence-electron chi connectivity index (χ4n) is 14.4. The molecule has 67 heavy (non-hydrogen) atoms. The van der Waals surface area contributed by atoms with Gasteiger partial charge in [-0.25, -0.2) is 0 Å². The molecule has 6 aliphatic heterocycles. The Hall–Kier alpha value is -1.01. The highest BCUT2D eigenvalue weighted by molar-refractivity contribution is 5.91. The molecule has 2 bridgehead atoms. The first-order valence-corrected chi connectivity index (χ1v) is 25.1. The average Bonchev–Trinajstić information content (AvgIpc) is 3.77. The molecule has 0 aromatic carbocycles. The van der Waals surface area contributed by atoms with Crippen molar-refractivity contribution in [2.45, 2.75) is 247 Å². The first kappa shape index (κ1) is 50.9. The van der Waals surface area contributed by atoms with Crippen LogP contribution in [-0.4, -0.2) is 184 Å². The standard InChI is InChI=1S/C49H80O18/c1-22-28-15-29(50)46(53)48(28,7)37-20-36-47(6)21-30(51)31(14-27(47)12-13-49(36,66-22)67-37)62-38-17-33(55-9)43(24(3)59-38)64-40-19-35(57-11)45(26(5)61-40)65-41-18-34(56-10)44(25(4)60-41)63-39-16-32(54-8)42(52)23(2)58-39/h22-45,50-52H,12-21H2,1-11H3/t22-,23+,24+,25+,26+,27-,28-,29-,30+,31+,32+,33+,34+,35-,36+,37+,38-,39-,40-,41-,42+,43+,44+,45+,47-,48-,49-/m0/s1. The fourth-order valence-corrected chi connectivity index (χ4v) is 14.4. The molecular formula is C49H80O18. The summed E-state index contributed by atoms with van der Waals surface area (Å²) < 4.78 is 88.8. The van der Waals surface area contributed by atoms with Crippen LogP contribution in [0.25, 0.3) is 0 Å². The number of aliphatic hydroxyl groups is 3.